The molecule has 1 N–H and O–H groups in total. The molecule has 0 unspecified atom stereocenters. The van der Waals surface area contributed by atoms with E-state index in [1.54, 1.807) is 6.07 Å². The third-order valence-electron chi connectivity index (χ3n) is 3.98. The summed E-state index contributed by atoms with van der Waals surface area (Å²) in [6, 6.07) is 1.58. The molecular weight excluding hydrogens is 241 g/mol. The summed E-state index contributed by atoms with van der Waals surface area (Å²) in [6.45, 7) is 3.47. The highest BCUT2D eigenvalue weighted by molar-refractivity contribution is 5.79. The van der Waals surface area contributed by atoms with E-state index in [-0.39, 0.29) is 7.24 Å². The SMILES string of the molecule is Fc1cnc2[nH]cc(CCN3CCCCCC3)c2c1.[HH]. The van der Waals surface area contributed by atoms with E-state index in [2.05, 4.69) is 14.9 Å². The van der Waals surface area contributed by atoms with Crippen LogP contribution in [0.4, 0.5) is 4.39 Å². The van der Waals surface area contributed by atoms with Crippen molar-refractivity contribution in [3.8, 4) is 0 Å². The normalized spacial score (nSPS) is 17.7. The first-order valence-electron chi connectivity index (χ1n) is 7.17. The molecule has 0 saturated carbocycles. The van der Waals surface area contributed by atoms with Gasteiger partial charge in [0.1, 0.15) is 11.5 Å². The summed E-state index contributed by atoms with van der Waals surface area (Å²) in [5, 5.41) is 0.926. The van der Waals surface area contributed by atoms with Crippen molar-refractivity contribution in [1.29, 1.82) is 0 Å². The number of hydrogen-bond donors (Lipinski definition) is 1. The quantitative estimate of drug-likeness (QED) is 0.920. The van der Waals surface area contributed by atoms with Gasteiger partial charge in [-0.1, -0.05) is 12.8 Å². The number of hydrogen-bond acceptors (Lipinski definition) is 2. The van der Waals surface area contributed by atoms with Gasteiger partial charge in [-0.05, 0) is 44.0 Å². The molecule has 1 saturated heterocycles. The second-order valence-electron chi connectivity index (χ2n) is 5.37. The van der Waals surface area contributed by atoms with Crippen molar-refractivity contribution in [3.05, 3.63) is 29.8 Å². The van der Waals surface area contributed by atoms with Gasteiger partial charge in [-0.25, -0.2) is 9.37 Å². The number of halogens is 1. The molecule has 1 aliphatic rings. The molecule has 1 aliphatic heterocycles. The predicted molar refractivity (Wildman–Crippen MR) is 76.8 cm³/mol. The summed E-state index contributed by atoms with van der Waals surface area (Å²) in [4.78, 5) is 9.71. The lowest BCUT2D eigenvalue weighted by molar-refractivity contribution is 0.289. The van der Waals surface area contributed by atoms with Crippen LogP contribution in [0.1, 0.15) is 32.7 Å². The Morgan fingerprint density at radius 2 is 2.05 bits per heavy atom. The van der Waals surface area contributed by atoms with Crippen molar-refractivity contribution in [2.24, 2.45) is 0 Å². The van der Waals surface area contributed by atoms with Crippen LogP contribution in [-0.2, 0) is 6.42 Å². The Balaban J connectivity index is 0.00000147. The minimum absolute atomic E-state index is 0. The summed E-state index contributed by atoms with van der Waals surface area (Å²) in [5.74, 6) is -0.261. The molecule has 2 aromatic heterocycles. The molecule has 0 aromatic carbocycles. The first-order valence-corrected chi connectivity index (χ1v) is 7.17. The Morgan fingerprint density at radius 3 is 2.84 bits per heavy atom. The molecule has 0 aliphatic carbocycles. The van der Waals surface area contributed by atoms with Crippen molar-refractivity contribution in [2.45, 2.75) is 32.1 Å². The average Bonchev–Trinajstić information content (AvgIpc) is 2.63. The second-order valence-corrected chi connectivity index (χ2v) is 5.37. The fraction of sp³-hybridized carbons (Fsp3) is 0.533. The lowest BCUT2D eigenvalue weighted by Crippen LogP contribution is -2.26. The number of likely N-dealkylation sites (tertiary alicyclic amines) is 1. The van der Waals surface area contributed by atoms with Gasteiger partial charge in [0, 0.05) is 19.6 Å². The van der Waals surface area contributed by atoms with Crippen molar-refractivity contribution < 1.29 is 5.82 Å². The third kappa shape index (κ3) is 2.95. The molecule has 0 radical (unpaired) electrons. The predicted octanol–water partition coefficient (Wildman–Crippen LogP) is 3.37. The molecule has 4 heteroatoms. The zero-order chi connectivity index (χ0) is 13.1. The van der Waals surface area contributed by atoms with Gasteiger partial charge in [0.2, 0.25) is 0 Å². The number of nitrogens with one attached hydrogen (secondary N) is 1. The van der Waals surface area contributed by atoms with E-state index in [1.807, 2.05) is 6.20 Å². The zero-order valence-electron chi connectivity index (χ0n) is 11.2. The molecule has 0 bridgehead atoms. The Kier molecular flexibility index (Phi) is 3.78. The number of fused-ring (bicyclic) bond motifs is 1. The maximum Gasteiger partial charge on any atom is 0.142 e. The number of rotatable bonds is 3. The van der Waals surface area contributed by atoms with E-state index in [9.17, 15) is 4.39 Å². The summed E-state index contributed by atoms with van der Waals surface area (Å²) in [6.07, 6.45) is 9.53. The molecule has 0 atom stereocenters. The molecule has 0 amide bonds. The monoisotopic (exact) mass is 263 g/mol. The van der Waals surface area contributed by atoms with Crippen LogP contribution < -0.4 is 0 Å². The Labute approximate surface area is 114 Å². The van der Waals surface area contributed by atoms with Crippen LogP contribution >= 0.6 is 0 Å². The van der Waals surface area contributed by atoms with Crippen LogP contribution in [0.25, 0.3) is 11.0 Å². The van der Waals surface area contributed by atoms with E-state index in [0.717, 1.165) is 24.0 Å². The van der Waals surface area contributed by atoms with Crippen LogP contribution in [0.15, 0.2) is 18.5 Å². The van der Waals surface area contributed by atoms with Crippen LogP contribution in [-0.4, -0.2) is 34.5 Å². The lowest BCUT2D eigenvalue weighted by Gasteiger charge is -2.19. The standard InChI is InChI=1S/C15H20FN3.H2/c16-13-9-14-12(10-17-15(14)18-11-13)5-8-19-6-3-1-2-4-7-19;/h9-11H,1-8H2,(H,17,18);1H. The van der Waals surface area contributed by atoms with Gasteiger partial charge in [-0.2, -0.15) is 0 Å². The highest BCUT2D eigenvalue weighted by Gasteiger charge is 2.11. The van der Waals surface area contributed by atoms with E-state index < -0.39 is 0 Å². The number of aromatic nitrogens is 2. The van der Waals surface area contributed by atoms with Gasteiger partial charge in [-0.3, -0.25) is 0 Å². The van der Waals surface area contributed by atoms with E-state index >= 15 is 0 Å². The van der Waals surface area contributed by atoms with Crippen molar-refractivity contribution in [3.63, 3.8) is 0 Å². The van der Waals surface area contributed by atoms with Gasteiger partial charge in [0.25, 0.3) is 0 Å². The maximum absolute atomic E-state index is 13.3. The van der Waals surface area contributed by atoms with Crippen LogP contribution in [0.5, 0.6) is 0 Å². The minimum Gasteiger partial charge on any atom is -0.346 e. The van der Waals surface area contributed by atoms with Crippen molar-refractivity contribution in [2.75, 3.05) is 19.6 Å². The van der Waals surface area contributed by atoms with Gasteiger partial charge in [0.05, 0.1) is 6.20 Å². The highest BCUT2D eigenvalue weighted by atomic mass is 19.1. The average molecular weight is 263 g/mol. The Hall–Kier alpha value is -1.42. The summed E-state index contributed by atoms with van der Waals surface area (Å²) in [7, 11) is 0. The van der Waals surface area contributed by atoms with E-state index in [0.29, 0.717) is 0 Å². The van der Waals surface area contributed by atoms with E-state index in [1.165, 1.54) is 50.5 Å². The molecule has 3 heterocycles. The fourth-order valence-electron chi connectivity index (χ4n) is 2.88. The molecule has 104 valence electrons. The first kappa shape index (κ1) is 12.6. The Morgan fingerprint density at radius 1 is 1.26 bits per heavy atom. The summed E-state index contributed by atoms with van der Waals surface area (Å²) >= 11 is 0. The van der Waals surface area contributed by atoms with Gasteiger partial charge in [0.15, 0.2) is 0 Å². The van der Waals surface area contributed by atoms with E-state index in [4.69, 9.17) is 0 Å². The van der Waals surface area contributed by atoms with Gasteiger partial charge < -0.3 is 9.88 Å². The Bertz CT molecular complexity index is 547. The molecule has 3 nitrogen and oxygen atoms in total. The summed E-state index contributed by atoms with van der Waals surface area (Å²) < 4.78 is 13.3. The highest BCUT2D eigenvalue weighted by Crippen LogP contribution is 2.18. The molecular formula is C15H22FN3. The maximum atomic E-state index is 13.3. The molecule has 1 fully saturated rings. The molecule has 0 spiro atoms. The zero-order valence-corrected chi connectivity index (χ0v) is 11.2. The second kappa shape index (κ2) is 5.70. The van der Waals surface area contributed by atoms with Crippen molar-refractivity contribution >= 4 is 11.0 Å². The lowest BCUT2D eigenvalue weighted by atomic mass is 10.1. The smallest absolute Gasteiger partial charge is 0.142 e. The minimum atomic E-state index is -0.261. The van der Waals surface area contributed by atoms with Gasteiger partial charge >= 0.3 is 0 Å². The molecule has 19 heavy (non-hydrogen) atoms. The number of H-pyrrole nitrogens is 1. The first-order chi connectivity index (χ1) is 9.33. The van der Waals surface area contributed by atoms with Crippen molar-refractivity contribution in [1.82, 2.24) is 14.9 Å². The topological polar surface area (TPSA) is 31.9 Å². The van der Waals surface area contributed by atoms with Crippen LogP contribution in [0, 0.1) is 5.82 Å². The fourth-order valence-corrected chi connectivity index (χ4v) is 2.88. The number of aromatic amines is 1. The molecule has 2 aromatic rings. The van der Waals surface area contributed by atoms with Gasteiger partial charge in [-0.15, -0.1) is 0 Å². The van der Waals surface area contributed by atoms with Crippen LogP contribution in [0.2, 0.25) is 0 Å². The largest absolute Gasteiger partial charge is 0.346 e. The third-order valence-corrected chi connectivity index (χ3v) is 3.98. The molecule has 3 rings (SSSR count). The van der Waals surface area contributed by atoms with Crippen LogP contribution in [0.3, 0.4) is 0 Å². The number of nitrogens with zero attached hydrogens (tertiary/aromatic N) is 2. The number of pyridine rings is 1. The summed E-state index contributed by atoms with van der Waals surface area (Å²) in [5.41, 5.74) is 1.96.